The third kappa shape index (κ3) is 3.53. The first-order chi connectivity index (χ1) is 15.3. The van der Waals surface area contributed by atoms with Crippen molar-refractivity contribution in [1.29, 1.82) is 0 Å². The summed E-state index contributed by atoms with van der Waals surface area (Å²) in [7, 11) is 0. The number of piperazine rings is 1. The molecule has 7 nitrogen and oxygen atoms in total. The van der Waals surface area contributed by atoms with Gasteiger partial charge in [0.25, 0.3) is 0 Å². The van der Waals surface area contributed by atoms with E-state index in [0.29, 0.717) is 0 Å². The number of aromatic nitrogens is 4. The summed E-state index contributed by atoms with van der Waals surface area (Å²) in [4.78, 5) is 16.9. The van der Waals surface area contributed by atoms with Crippen molar-refractivity contribution in [2.24, 2.45) is 0 Å². The van der Waals surface area contributed by atoms with Crippen LogP contribution in [0.3, 0.4) is 0 Å². The van der Waals surface area contributed by atoms with Crippen molar-refractivity contribution in [1.82, 2.24) is 23.8 Å². The summed E-state index contributed by atoms with van der Waals surface area (Å²) in [5.74, 6) is 2.31. The fourth-order valence-corrected chi connectivity index (χ4v) is 5.02. The zero-order valence-electron chi connectivity index (χ0n) is 17.9. The van der Waals surface area contributed by atoms with E-state index in [1.807, 2.05) is 12.4 Å². The van der Waals surface area contributed by atoms with Crippen LogP contribution in [0.2, 0.25) is 0 Å². The molecule has 6 rings (SSSR count). The van der Waals surface area contributed by atoms with Crippen LogP contribution in [0.4, 0.5) is 11.6 Å². The van der Waals surface area contributed by atoms with Crippen molar-refractivity contribution in [2.45, 2.75) is 19.4 Å². The predicted molar refractivity (Wildman–Crippen MR) is 125 cm³/mol. The predicted octanol–water partition coefficient (Wildman–Crippen LogP) is 3.11. The second-order valence-electron chi connectivity index (χ2n) is 8.65. The normalized spacial score (nSPS) is 17.9. The maximum absolute atomic E-state index is 5.08. The molecule has 0 radical (unpaired) electrons. The van der Waals surface area contributed by atoms with Gasteiger partial charge in [-0.15, -0.1) is 0 Å². The van der Waals surface area contributed by atoms with E-state index in [2.05, 4.69) is 71.2 Å². The third-order valence-corrected chi connectivity index (χ3v) is 6.79. The molecule has 31 heavy (non-hydrogen) atoms. The molecule has 4 aromatic heterocycles. The molecule has 2 fully saturated rings. The molecule has 160 valence electrons. The van der Waals surface area contributed by atoms with Crippen molar-refractivity contribution in [2.75, 3.05) is 55.6 Å². The minimum atomic E-state index is 0.970. The molecule has 0 saturated carbocycles. The Kier molecular flexibility index (Phi) is 4.76. The Labute approximate surface area is 182 Å². The second kappa shape index (κ2) is 7.89. The van der Waals surface area contributed by atoms with Gasteiger partial charge in [-0.3, -0.25) is 4.40 Å². The molecule has 0 bridgehead atoms. The molecule has 0 aliphatic carbocycles. The summed E-state index contributed by atoms with van der Waals surface area (Å²) < 4.78 is 4.50. The average Bonchev–Trinajstić information content (AvgIpc) is 3.58. The Balaban J connectivity index is 1.17. The van der Waals surface area contributed by atoms with E-state index < -0.39 is 0 Å². The number of likely N-dealkylation sites (tertiary alicyclic amines) is 1. The first-order valence-electron chi connectivity index (χ1n) is 11.5. The summed E-state index contributed by atoms with van der Waals surface area (Å²) >= 11 is 0. The highest BCUT2D eigenvalue weighted by atomic mass is 15.3. The van der Waals surface area contributed by atoms with Gasteiger partial charge in [-0.1, -0.05) is 6.07 Å². The number of imidazole rings is 1. The number of hydrogen-bond acceptors (Lipinski definition) is 5. The molecule has 4 aromatic rings. The van der Waals surface area contributed by atoms with E-state index in [1.165, 1.54) is 37.1 Å². The minimum Gasteiger partial charge on any atom is -0.354 e. The van der Waals surface area contributed by atoms with Crippen molar-refractivity contribution in [3.05, 3.63) is 55.0 Å². The van der Waals surface area contributed by atoms with Crippen LogP contribution in [-0.2, 0) is 6.54 Å². The van der Waals surface area contributed by atoms with Gasteiger partial charge in [0.1, 0.15) is 22.9 Å². The lowest BCUT2D eigenvalue weighted by Gasteiger charge is -2.36. The first-order valence-corrected chi connectivity index (χ1v) is 11.5. The van der Waals surface area contributed by atoms with E-state index in [1.54, 1.807) is 0 Å². The van der Waals surface area contributed by atoms with E-state index in [-0.39, 0.29) is 0 Å². The van der Waals surface area contributed by atoms with E-state index in [0.717, 1.165) is 56.4 Å². The molecule has 0 amide bonds. The Morgan fingerprint density at radius 2 is 1.61 bits per heavy atom. The topological polar surface area (TPSA) is 44.8 Å². The highest BCUT2D eigenvalue weighted by Crippen LogP contribution is 2.23. The lowest BCUT2D eigenvalue weighted by molar-refractivity contribution is 0.324. The monoisotopic (exact) mass is 415 g/mol. The van der Waals surface area contributed by atoms with Crippen LogP contribution in [0.15, 0.2) is 55.0 Å². The summed E-state index contributed by atoms with van der Waals surface area (Å²) in [5, 5.41) is 1.23. The first kappa shape index (κ1) is 18.7. The molecule has 0 unspecified atom stereocenters. The van der Waals surface area contributed by atoms with Crippen LogP contribution in [0.5, 0.6) is 0 Å². The third-order valence-electron chi connectivity index (χ3n) is 6.79. The number of fused-ring (bicyclic) bond motifs is 2. The van der Waals surface area contributed by atoms with Gasteiger partial charge >= 0.3 is 0 Å². The van der Waals surface area contributed by atoms with Gasteiger partial charge in [-0.25, -0.2) is 9.97 Å². The average molecular weight is 416 g/mol. The van der Waals surface area contributed by atoms with Gasteiger partial charge < -0.3 is 19.3 Å². The Morgan fingerprint density at radius 3 is 2.48 bits per heavy atom. The van der Waals surface area contributed by atoms with Gasteiger partial charge in [0.2, 0.25) is 0 Å². The van der Waals surface area contributed by atoms with Gasteiger partial charge in [-0.05, 0) is 56.3 Å². The molecule has 2 aliphatic rings. The molecule has 6 heterocycles. The van der Waals surface area contributed by atoms with Crippen LogP contribution in [0.1, 0.15) is 12.8 Å². The molecular weight excluding hydrogens is 386 g/mol. The number of pyridine rings is 2. The number of rotatable bonds is 5. The Morgan fingerprint density at radius 1 is 0.774 bits per heavy atom. The molecule has 0 atom stereocenters. The summed E-state index contributed by atoms with van der Waals surface area (Å²) in [6, 6.07) is 12.9. The van der Waals surface area contributed by atoms with Crippen molar-refractivity contribution >= 4 is 28.3 Å². The molecule has 7 heteroatoms. The molecule has 2 aliphatic heterocycles. The van der Waals surface area contributed by atoms with E-state index >= 15 is 0 Å². The molecule has 2 saturated heterocycles. The molecule has 0 aromatic carbocycles. The van der Waals surface area contributed by atoms with Crippen LogP contribution in [-0.4, -0.2) is 69.6 Å². The van der Waals surface area contributed by atoms with Crippen molar-refractivity contribution in [3.8, 4) is 0 Å². The largest absolute Gasteiger partial charge is 0.354 e. The number of anilines is 2. The second-order valence-corrected chi connectivity index (χ2v) is 8.65. The maximum Gasteiger partial charge on any atom is 0.142 e. The van der Waals surface area contributed by atoms with Gasteiger partial charge in [-0.2, -0.15) is 0 Å². The van der Waals surface area contributed by atoms with Gasteiger partial charge in [0.05, 0.1) is 0 Å². The van der Waals surface area contributed by atoms with Crippen LogP contribution >= 0.6 is 0 Å². The number of nitrogens with zero attached hydrogens (tertiary/aromatic N) is 7. The quantitative estimate of drug-likeness (QED) is 0.501. The fraction of sp³-hybridized carbons (Fsp3) is 0.417. The Hall–Kier alpha value is -3.06. The van der Waals surface area contributed by atoms with E-state index in [9.17, 15) is 0 Å². The summed E-state index contributed by atoms with van der Waals surface area (Å²) in [6.07, 6.45) is 8.80. The highest BCUT2D eigenvalue weighted by molar-refractivity contribution is 5.78. The van der Waals surface area contributed by atoms with Crippen molar-refractivity contribution < 1.29 is 0 Å². The van der Waals surface area contributed by atoms with Gasteiger partial charge in [0, 0.05) is 63.2 Å². The smallest absolute Gasteiger partial charge is 0.142 e. The summed E-state index contributed by atoms with van der Waals surface area (Å²) in [6.45, 7) is 8.52. The SMILES string of the molecule is c1cc(N2CCN(c3ccc4ccn(CCN5CCCC5)c4n3)CC2)n2ccnc2c1. The maximum atomic E-state index is 5.08. The minimum absolute atomic E-state index is 0.970. The standard InChI is InChI=1S/C24H29N7/c1-2-11-27(10-1)14-15-30-12-8-20-6-7-22(26-24(20)30)28-16-18-29(19-17-28)23-5-3-4-21-25-9-13-31(21)23/h3-9,12-13H,1-2,10-11,14-19H2. The van der Waals surface area contributed by atoms with Crippen LogP contribution in [0, 0.1) is 0 Å². The van der Waals surface area contributed by atoms with Crippen LogP contribution in [0.25, 0.3) is 16.7 Å². The van der Waals surface area contributed by atoms with Crippen molar-refractivity contribution in [3.63, 3.8) is 0 Å². The van der Waals surface area contributed by atoms with Gasteiger partial charge in [0.15, 0.2) is 0 Å². The van der Waals surface area contributed by atoms with E-state index in [4.69, 9.17) is 4.98 Å². The highest BCUT2D eigenvalue weighted by Gasteiger charge is 2.20. The number of hydrogen-bond donors (Lipinski definition) is 0. The lowest BCUT2D eigenvalue weighted by Crippen LogP contribution is -2.47. The zero-order chi connectivity index (χ0) is 20.6. The molecular formula is C24H29N7. The summed E-state index contributed by atoms with van der Waals surface area (Å²) in [5.41, 5.74) is 2.11. The van der Waals surface area contributed by atoms with Crippen LogP contribution < -0.4 is 9.80 Å². The fourth-order valence-electron chi connectivity index (χ4n) is 5.02. The lowest BCUT2D eigenvalue weighted by atomic mass is 10.2. The zero-order valence-corrected chi connectivity index (χ0v) is 17.9. The molecule has 0 spiro atoms. The molecule has 0 N–H and O–H groups in total. The Bertz CT molecular complexity index is 1180.